The molecule has 0 unspecified atom stereocenters. The predicted octanol–water partition coefficient (Wildman–Crippen LogP) is 3.56. The number of nitrogens with one attached hydrogen (secondary N) is 1. The molecule has 0 aliphatic rings. The minimum Gasteiger partial charge on any atom is -0.397 e. The highest BCUT2D eigenvalue weighted by atomic mass is 79.9. The SMILES string of the molecule is Nc1cc(F)ccc1NC(=O)c1cc(Br)ccc1F. The van der Waals surface area contributed by atoms with Gasteiger partial charge in [0.2, 0.25) is 0 Å². The number of nitrogens with two attached hydrogens (primary N) is 1. The number of benzene rings is 2. The van der Waals surface area contributed by atoms with Gasteiger partial charge >= 0.3 is 0 Å². The molecule has 1 amide bonds. The van der Waals surface area contributed by atoms with E-state index in [2.05, 4.69) is 21.2 Å². The maximum atomic E-state index is 13.5. The number of hydrogen-bond acceptors (Lipinski definition) is 2. The molecule has 0 saturated carbocycles. The zero-order valence-electron chi connectivity index (χ0n) is 9.58. The van der Waals surface area contributed by atoms with Crippen LogP contribution in [0.1, 0.15) is 10.4 Å². The Hall–Kier alpha value is -1.95. The number of carbonyl (C=O) groups is 1. The molecular weight excluding hydrogens is 318 g/mol. The Labute approximate surface area is 116 Å². The van der Waals surface area contributed by atoms with Gasteiger partial charge in [-0.3, -0.25) is 4.79 Å². The molecule has 6 heteroatoms. The first-order chi connectivity index (χ1) is 8.97. The monoisotopic (exact) mass is 326 g/mol. The molecule has 0 atom stereocenters. The lowest BCUT2D eigenvalue weighted by Crippen LogP contribution is -2.15. The van der Waals surface area contributed by atoms with Crippen LogP contribution in [0.25, 0.3) is 0 Å². The van der Waals surface area contributed by atoms with E-state index in [1.54, 1.807) is 0 Å². The van der Waals surface area contributed by atoms with Gasteiger partial charge < -0.3 is 11.1 Å². The molecule has 0 aromatic heterocycles. The molecule has 2 rings (SSSR count). The van der Waals surface area contributed by atoms with Crippen LogP contribution >= 0.6 is 15.9 Å². The first-order valence-electron chi connectivity index (χ1n) is 5.29. The van der Waals surface area contributed by atoms with Crippen LogP contribution in [0.2, 0.25) is 0 Å². The predicted molar refractivity (Wildman–Crippen MR) is 72.9 cm³/mol. The highest BCUT2D eigenvalue weighted by molar-refractivity contribution is 9.10. The summed E-state index contributed by atoms with van der Waals surface area (Å²) in [5, 5.41) is 2.43. The number of rotatable bonds is 2. The molecule has 0 saturated heterocycles. The summed E-state index contributed by atoms with van der Waals surface area (Å²) in [4.78, 5) is 11.9. The molecule has 3 N–H and O–H groups in total. The van der Waals surface area contributed by atoms with Gasteiger partial charge in [-0.25, -0.2) is 8.78 Å². The average molecular weight is 327 g/mol. The van der Waals surface area contributed by atoms with Crippen molar-refractivity contribution in [3.63, 3.8) is 0 Å². The Morgan fingerprint density at radius 3 is 2.58 bits per heavy atom. The van der Waals surface area contributed by atoms with E-state index >= 15 is 0 Å². The van der Waals surface area contributed by atoms with E-state index in [0.29, 0.717) is 4.47 Å². The van der Waals surface area contributed by atoms with Crippen LogP contribution in [0.5, 0.6) is 0 Å². The van der Waals surface area contributed by atoms with Crippen molar-refractivity contribution >= 4 is 33.2 Å². The molecular formula is C13H9BrF2N2O. The maximum Gasteiger partial charge on any atom is 0.258 e. The third kappa shape index (κ3) is 3.08. The van der Waals surface area contributed by atoms with Crippen LogP contribution < -0.4 is 11.1 Å². The zero-order chi connectivity index (χ0) is 14.0. The van der Waals surface area contributed by atoms with Crippen molar-refractivity contribution in [2.45, 2.75) is 0 Å². The number of halogens is 3. The molecule has 0 bridgehead atoms. The van der Waals surface area contributed by atoms with E-state index in [9.17, 15) is 13.6 Å². The molecule has 0 aliphatic carbocycles. The Morgan fingerprint density at radius 1 is 1.16 bits per heavy atom. The van der Waals surface area contributed by atoms with Crippen LogP contribution in [0.4, 0.5) is 20.2 Å². The fourth-order valence-electron chi connectivity index (χ4n) is 1.51. The van der Waals surface area contributed by atoms with Crippen LogP contribution in [0, 0.1) is 11.6 Å². The van der Waals surface area contributed by atoms with Gasteiger partial charge in [0.15, 0.2) is 0 Å². The largest absolute Gasteiger partial charge is 0.397 e. The second kappa shape index (κ2) is 5.36. The first-order valence-corrected chi connectivity index (χ1v) is 6.08. The number of hydrogen-bond donors (Lipinski definition) is 2. The van der Waals surface area contributed by atoms with Crippen molar-refractivity contribution in [2.75, 3.05) is 11.1 Å². The minimum absolute atomic E-state index is 0.0729. The zero-order valence-corrected chi connectivity index (χ0v) is 11.2. The Kier molecular flexibility index (Phi) is 3.80. The Balaban J connectivity index is 2.28. The molecule has 0 heterocycles. The summed E-state index contributed by atoms with van der Waals surface area (Å²) in [6.45, 7) is 0. The summed E-state index contributed by atoms with van der Waals surface area (Å²) in [6.07, 6.45) is 0. The quantitative estimate of drug-likeness (QED) is 0.829. The van der Waals surface area contributed by atoms with Crippen LogP contribution in [0.3, 0.4) is 0 Å². The Bertz CT molecular complexity index is 647. The summed E-state index contributed by atoms with van der Waals surface area (Å²) in [6, 6.07) is 7.56. The number of nitrogen functional groups attached to an aromatic ring is 1. The van der Waals surface area contributed by atoms with Crippen molar-refractivity contribution < 1.29 is 13.6 Å². The first kappa shape index (κ1) is 13.5. The maximum absolute atomic E-state index is 13.5. The lowest BCUT2D eigenvalue weighted by atomic mass is 10.2. The van der Waals surface area contributed by atoms with Crippen molar-refractivity contribution in [3.8, 4) is 0 Å². The van der Waals surface area contributed by atoms with Gasteiger partial charge in [0.25, 0.3) is 5.91 Å². The summed E-state index contributed by atoms with van der Waals surface area (Å²) < 4.78 is 27.0. The standard InChI is InChI=1S/C13H9BrF2N2O/c14-7-1-3-10(16)9(5-7)13(19)18-12-4-2-8(15)6-11(12)17/h1-6H,17H2,(H,18,19). The summed E-state index contributed by atoms with van der Waals surface area (Å²) in [5.41, 5.74) is 5.73. The molecule has 3 nitrogen and oxygen atoms in total. The van der Waals surface area contributed by atoms with Crippen molar-refractivity contribution in [1.82, 2.24) is 0 Å². The van der Waals surface area contributed by atoms with E-state index in [4.69, 9.17) is 5.73 Å². The van der Waals surface area contributed by atoms with Crippen molar-refractivity contribution in [3.05, 3.63) is 58.1 Å². The van der Waals surface area contributed by atoms with E-state index in [1.807, 2.05) is 0 Å². The van der Waals surface area contributed by atoms with Gasteiger partial charge in [0.1, 0.15) is 11.6 Å². The van der Waals surface area contributed by atoms with Gasteiger partial charge in [0.05, 0.1) is 16.9 Å². The van der Waals surface area contributed by atoms with E-state index in [1.165, 1.54) is 24.3 Å². The number of amides is 1. The summed E-state index contributed by atoms with van der Waals surface area (Å²) in [7, 11) is 0. The lowest BCUT2D eigenvalue weighted by molar-refractivity contribution is 0.102. The average Bonchev–Trinajstić information content (AvgIpc) is 2.35. The van der Waals surface area contributed by atoms with Gasteiger partial charge in [-0.1, -0.05) is 15.9 Å². The molecule has 19 heavy (non-hydrogen) atoms. The summed E-state index contributed by atoms with van der Waals surface area (Å²) >= 11 is 3.15. The van der Waals surface area contributed by atoms with E-state index in [-0.39, 0.29) is 16.9 Å². The third-order valence-electron chi connectivity index (χ3n) is 2.43. The number of anilines is 2. The van der Waals surface area contributed by atoms with Gasteiger partial charge in [0, 0.05) is 4.47 Å². The minimum atomic E-state index is -0.655. The normalized spacial score (nSPS) is 10.3. The lowest BCUT2D eigenvalue weighted by Gasteiger charge is -2.09. The van der Waals surface area contributed by atoms with Crippen molar-refractivity contribution in [2.24, 2.45) is 0 Å². The molecule has 0 radical (unpaired) electrons. The number of carbonyl (C=O) groups excluding carboxylic acids is 1. The fourth-order valence-corrected chi connectivity index (χ4v) is 1.87. The second-order valence-electron chi connectivity index (χ2n) is 3.81. The molecule has 98 valence electrons. The Morgan fingerprint density at radius 2 is 1.89 bits per heavy atom. The molecule has 0 fully saturated rings. The molecule has 2 aromatic rings. The fraction of sp³-hybridized carbons (Fsp3) is 0. The topological polar surface area (TPSA) is 55.1 Å². The van der Waals surface area contributed by atoms with E-state index in [0.717, 1.165) is 12.1 Å². The summed E-state index contributed by atoms with van der Waals surface area (Å²) in [5.74, 6) is -1.82. The van der Waals surface area contributed by atoms with Crippen molar-refractivity contribution in [1.29, 1.82) is 0 Å². The van der Waals surface area contributed by atoms with Crippen LogP contribution in [-0.4, -0.2) is 5.91 Å². The van der Waals surface area contributed by atoms with Crippen LogP contribution in [-0.2, 0) is 0 Å². The van der Waals surface area contributed by atoms with Gasteiger partial charge in [-0.15, -0.1) is 0 Å². The third-order valence-corrected chi connectivity index (χ3v) is 2.93. The molecule has 0 spiro atoms. The van der Waals surface area contributed by atoms with Gasteiger partial charge in [-0.2, -0.15) is 0 Å². The highest BCUT2D eigenvalue weighted by Crippen LogP contribution is 2.21. The highest BCUT2D eigenvalue weighted by Gasteiger charge is 2.13. The van der Waals surface area contributed by atoms with E-state index < -0.39 is 17.5 Å². The molecule has 0 aliphatic heterocycles. The van der Waals surface area contributed by atoms with Gasteiger partial charge in [-0.05, 0) is 36.4 Å². The smallest absolute Gasteiger partial charge is 0.258 e. The molecule has 2 aromatic carbocycles. The second-order valence-corrected chi connectivity index (χ2v) is 4.73. The van der Waals surface area contributed by atoms with Crippen LogP contribution in [0.15, 0.2) is 40.9 Å².